The number of hydrogen-bond acceptors (Lipinski definition) is 4. The van der Waals surface area contributed by atoms with Gasteiger partial charge in [0.15, 0.2) is 0 Å². The predicted molar refractivity (Wildman–Crippen MR) is 132 cm³/mol. The fraction of sp³-hybridized carbons (Fsp3) is 0.296. The molecule has 35 heavy (non-hydrogen) atoms. The van der Waals surface area contributed by atoms with E-state index in [1.165, 1.54) is 12.1 Å². The SMILES string of the molecule is C=CCN(CCC[C@H](C(=O)O)C(=O)Nc1ccc(-n2cccn2)cc1)[C@@H]1C[C@H]1c1ccc(F)cc1. The van der Waals surface area contributed by atoms with Crippen LogP contribution in [0.4, 0.5) is 10.1 Å². The summed E-state index contributed by atoms with van der Waals surface area (Å²) in [5.74, 6) is -2.73. The average molecular weight is 477 g/mol. The van der Waals surface area contributed by atoms with Crippen LogP contribution in [0.25, 0.3) is 5.69 Å². The van der Waals surface area contributed by atoms with Crippen LogP contribution in [0.5, 0.6) is 0 Å². The van der Waals surface area contributed by atoms with Gasteiger partial charge in [-0.05, 0) is 73.8 Å². The molecule has 0 spiro atoms. The van der Waals surface area contributed by atoms with E-state index in [0.29, 0.717) is 37.2 Å². The molecule has 3 atom stereocenters. The summed E-state index contributed by atoms with van der Waals surface area (Å²) in [5.41, 5.74) is 2.47. The van der Waals surface area contributed by atoms with E-state index in [-0.39, 0.29) is 12.2 Å². The van der Waals surface area contributed by atoms with Crippen LogP contribution in [0.15, 0.2) is 79.6 Å². The van der Waals surface area contributed by atoms with Gasteiger partial charge in [0.1, 0.15) is 11.7 Å². The smallest absolute Gasteiger partial charge is 0.316 e. The van der Waals surface area contributed by atoms with Crippen LogP contribution < -0.4 is 5.32 Å². The summed E-state index contributed by atoms with van der Waals surface area (Å²) in [6.07, 6.45) is 7.07. The maximum Gasteiger partial charge on any atom is 0.316 e. The monoisotopic (exact) mass is 476 g/mol. The number of amides is 1. The maximum absolute atomic E-state index is 13.2. The first kappa shape index (κ1) is 24.3. The summed E-state index contributed by atoms with van der Waals surface area (Å²) in [4.78, 5) is 26.8. The second-order valence-electron chi connectivity index (χ2n) is 8.76. The van der Waals surface area contributed by atoms with Crippen molar-refractivity contribution in [2.75, 3.05) is 18.4 Å². The zero-order valence-electron chi connectivity index (χ0n) is 19.4. The van der Waals surface area contributed by atoms with Crippen LogP contribution in [0.2, 0.25) is 0 Å². The third-order valence-corrected chi connectivity index (χ3v) is 6.34. The number of anilines is 1. The van der Waals surface area contributed by atoms with Gasteiger partial charge in [-0.2, -0.15) is 5.10 Å². The number of carboxylic acids is 1. The fourth-order valence-corrected chi connectivity index (χ4v) is 4.43. The summed E-state index contributed by atoms with van der Waals surface area (Å²) < 4.78 is 14.9. The lowest BCUT2D eigenvalue weighted by atomic mass is 10.0. The van der Waals surface area contributed by atoms with Crippen LogP contribution >= 0.6 is 0 Å². The summed E-state index contributed by atoms with van der Waals surface area (Å²) >= 11 is 0. The van der Waals surface area contributed by atoms with E-state index in [1.807, 2.05) is 30.5 Å². The highest BCUT2D eigenvalue weighted by Gasteiger charge is 2.42. The quantitative estimate of drug-likeness (QED) is 0.297. The Kier molecular flexibility index (Phi) is 7.72. The van der Waals surface area contributed by atoms with Gasteiger partial charge in [0, 0.05) is 36.6 Å². The van der Waals surface area contributed by atoms with E-state index in [2.05, 4.69) is 21.9 Å². The lowest BCUT2D eigenvalue weighted by Crippen LogP contribution is -2.32. The van der Waals surface area contributed by atoms with E-state index in [9.17, 15) is 19.1 Å². The molecule has 8 heteroatoms. The van der Waals surface area contributed by atoms with Crippen LogP contribution in [-0.4, -0.2) is 50.8 Å². The first-order valence-electron chi connectivity index (χ1n) is 11.7. The number of carbonyl (C=O) groups is 2. The van der Waals surface area contributed by atoms with E-state index in [1.54, 1.807) is 35.1 Å². The molecule has 1 aliphatic carbocycles. The molecule has 0 aliphatic heterocycles. The molecule has 1 aromatic heterocycles. The Morgan fingerprint density at radius 2 is 1.97 bits per heavy atom. The Morgan fingerprint density at radius 1 is 1.23 bits per heavy atom. The number of aliphatic carboxylic acids is 1. The predicted octanol–water partition coefficient (Wildman–Crippen LogP) is 4.48. The zero-order valence-corrected chi connectivity index (χ0v) is 19.4. The summed E-state index contributed by atoms with van der Waals surface area (Å²) in [5, 5.41) is 16.5. The number of hydrogen-bond donors (Lipinski definition) is 2. The number of aromatic nitrogens is 2. The van der Waals surface area contributed by atoms with Crippen molar-refractivity contribution in [1.82, 2.24) is 14.7 Å². The second-order valence-corrected chi connectivity index (χ2v) is 8.76. The second kappa shape index (κ2) is 11.1. The van der Waals surface area contributed by atoms with E-state index in [0.717, 1.165) is 17.7 Å². The van der Waals surface area contributed by atoms with Crippen molar-refractivity contribution in [2.24, 2.45) is 5.92 Å². The van der Waals surface area contributed by atoms with Crippen molar-refractivity contribution in [3.63, 3.8) is 0 Å². The van der Waals surface area contributed by atoms with Crippen molar-refractivity contribution >= 4 is 17.6 Å². The Labute approximate surface area is 203 Å². The molecule has 1 amide bonds. The van der Waals surface area contributed by atoms with Gasteiger partial charge in [0.05, 0.1) is 5.69 Å². The zero-order chi connectivity index (χ0) is 24.8. The topological polar surface area (TPSA) is 87.5 Å². The van der Waals surface area contributed by atoms with Crippen LogP contribution in [0.3, 0.4) is 0 Å². The molecule has 4 rings (SSSR count). The molecule has 0 bridgehead atoms. The lowest BCUT2D eigenvalue weighted by Gasteiger charge is -2.22. The van der Waals surface area contributed by atoms with Crippen molar-refractivity contribution in [3.8, 4) is 5.69 Å². The third-order valence-electron chi connectivity index (χ3n) is 6.34. The first-order valence-corrected chi connectivity index (χ1v) is 11.7. The number of rotatable bonds is 12. The van der Waals surface area contributed by atoms with Gasteiger partial charge in [-0.25, -0.2) is 9.07 Å². The number of nitrogens with one attached hydrogen (secondary N) is 1. The van der Waals surface area contributed by atoms with E-state index in [4.69, 9.17) is 0 Å². The number of carbonyl (C=O) groups excluding carboxylic acids is 1. The largest absolute Gasteiger partial charge is 0.481 e. The number of halogens is 1. The minimum absolute atomic E-state index is 0.230. The Balaban J connectivity index is 1.30. The highest BCUT2D eigenvalue weighted by molar-refractivity contribution is 6.04. The fourth-order valence-electron chi connectivity index (χ4n) is 4.43. The van der Waals surface area contributed by atoms with Gasteiger partial charge in [0.25, 0.3) is 0 Å². The Morgan fingerprint density at radius 3 is 2.60 bits per heavy atom. The van der Waals surface area contributed by atoms with Gasteiger partial charge in [-0.15, -0.1) is 6.58 Å². The number of nitrogens with zero attached hydrogens (tertiary/aromatic N) is 3. The third kappa shape index (κ3) is 6.22. The minimum atomic E-state index is -1.14. The molecule has 1 saturated carbocycles. The molecule has 3 aromatic rings. The van der Waals surface area contributed by atoms with Crippen molar-refractivity contribution in [3.05, 3.63) is 91.0 Å². The normalized spacial score (nSPS) is 17.7. The summed E-state index contributed by atoms with van der Waals surface area (Å²) in [7, 11) is 0. The summed E-state index contributed by atoms with van der Waals surface area (Å²) in [6.45, 7) is 5.17. The van der Waals surface area contributed by atoms with Crippen LogP contribution in [0.1, 0.15) is 30.7 Å². The minimum Gasteiger partial charge on any atom is -0.481 e. The number of carboxylic acid groups (broad SMARTS) is 1. The number of benzene rings is 2. The van der Waals surface area contributed by atoms with Gasteiger partial charge in [0.2, 0.25) is 5.91 Å². The van der Waals surface area contributed by atoms with E-state index < -0.39 is 17.8 Å². The maximum atomic E-state index is 13.2. The van der Waals surface area contributed by atoms with Crippen molar-refractivity contribution in [1.29, 1.82) is 0 Å². The summed E-state index contributed by atoms with van der Waals surface area (Å²) in [6, 6.07) is 15.8. The molecule has 2 N–H and O–H groups in total. The molecule has 0 unspecified atom stereocenters. The molecule has 2 aromatic carbocycles. The van der Waals surface area contributed by atoms with Gasteiger partial charge < -0.3 is 10.4 Å². The first-order chi connectivity index (χ1) is 17.0. The molecular formula is C27H29FN4O3. The molecule has 0 radical (unpaired) electrons. The molecule has 0 saturated heterocycles. The molecule has 1 aliphatic rings. The van der Waals surface area contributed by atoms with E-state index >= 15 is 0 Å². The Hall–Kier alpha value is -3.78. The molecular weight excluding hydrogens is 447 g/mol. The molecule has 182 valence electrons. The lowest BCUT2D eigenvalue weighted by molar-refractivity contribution is -0.145. The standard InChI is InChI=1S/C27H29FN4O3/c1-2-15-31(25-18-24(25)19-6-8-20(28)9-7-19)16-3-5-23(27(34)35)26(33)30-21-10-12-22(13-11-21)32-17-4-14-29-32/h2,4,6-14,17,23-25H,1,3,5,15-16,18H2,(H,30,33)(H,34,35)/t23-,24-,25+/m0/s1. The van der Waals surface area contributed by atoms with Crippen molar-refractivity contribution in [2.45, 2.75) is 31.2 Å². The molecule has 1 heterocycles. The van der Waals surface area contributed by atoms with Crippen LogP contribution in [-0.2, 0) is 9.59 Å². The van der Waals surface area contributed by atoms with Crippen molar-refractivity contribution < 1.29 is 19.1 Å². The molecule has 1 fully saturated rings. The highest BCUT2D eigenvalue weighted by atomic mass is 19.1. The highest BCUT2D eigenvalue weighted by Crippen LogP contribution is 2.44. The Bertz CT molecular complexity index is 1150. The van der Waals surface area contributed by atoms with Crippen LogP contribution in [0, 0.1) is 11.7 Å². The van der Waals surface area contributed by atoms with Gasteiger partial charge in [-0.3, -0.25) is 14.5 Å². The average Bonchev–Trinajstić information content (AvgIpc) is 3.44. The molecule has 7 nitrogen and oxygen atoms in total. The van der Waals surface area contributed by atoms with Gasteiger partial charge >= 0.3 is 5.97 Å². The van der Waals surface area contributed by atoms with Gasteiger partial charge in [-0.1, -0.05) is 18.2 Å².